The van der Waals surface area contributed by atoms with Gasteiger partial charge in [-0.1, -0.05) is 13.8 Å². The topological polar surface area (TPSA) is 61.6 Å². The first kappa shape index (κ1) is 18.8. The van der Waals surface area contributed by atoms with E-state index in [0.29, 0.717) is 37.4 Å². The van der Waals surface area contributed by atoms with Gasteiger partial charge in [0.15, 0.2) is 11.5 Å². The van der Waals surface area contributed by atoms with E-state index in [1.807, 2.05) is 6.07 Å². The lowest BCUT2D eigenvalue weighted by Gasteiger charge is -2.17. The summed E-state index contributed by atoms with van der Waals surface area (Å²) >= 11 is 6.91. The molecule has 2 rings (SSSR count). The molecule has 6 heteroatoms. The first-order valence-electron chi connectivity index (χ1n) is 7.39. The molecule has 0 aromatic heterocycles. The predicted molar refractivity (Wildman–Crippen MR) is 103 cm³/mol. The quantitative estimate of drug-likeness (QED) is 0.448. The highest BCUT2D eigenvalue weighted by molar-refractivity contribution is 9.11. The van der Waals surface area contributed by atoms with Gasteiger partial charge >= 0.3 is 0 Å². The fraction of sp³-hybridized carbons (Fsp3) is 0.278. The maximum Gasteiger partial charge on any atom is 0.159 e. The number of carbonyl (C=O) groups excluding carboxylic acids is 1. The first-order valence-corrected chi connectivity index (χ1v) is 8.98. The van der Waals surface area contributed by atoms with E-state index in [4.69, 9.17) is 15.2 Å². The second kappa shape index (κ2) is 7.57. The van der Waals surface area contributed by atoms with E-state index >= 15 is 0 Å². The van der Waals surface area contributed by atoms with Crippen molar-refractivity contribution < 1.29 is 14.3 Å². The number of rotatable bonds is 5. The van der Waals surface area contributed by atoms with E-state index in [2.05, 4.69) is 45.7 Å². The molecule has 0 saturated carbocycles. The van der Waals surface area contributed by atoms with Gasteiger partial charge in [0.25, 0.3) is 0 Å². The fourth-order valence-electron chi connectivity index (χ4n) is 2.35. The van der Waals surface area contributed by atoms with Gasteiger partial charge in [0.1, 0.15) is 11.5 Å². The number of nitrogens with two attached hydrogens (primary N) is 1. The summed E-state index contributed by atoms with van der Waals surface area (Å²) in [4.78, 5) is 11.5. The third-order valence-electron chi connectivity index (χ3n) is 3.57. The van der Waals surface area contributed by atoms with Gasteiger partial charge < -0.3 is 15.2 Å². The summed E-state index contributed by atoms with van der Waals surface area (Å²) in [6, 6.07) is 7.11. The molecule has 0 atom stereocenters. The molecular formula is C18H19Br2NO3. The molecule has 2 aromatic rings. The van der Waals surface area contributed by atoms with E-state index in [0.717, 1.165) is 5.56 Å². The number of Topliss-reactive ketones (excluding diaryl/α,β-unsaturated/α-hetero) is 1. The standard InChI is InChI=1S/C18H19Br2NO3/c1-9(2)13-7-12(8-16(21)17(13)23-4)24-18-14(19)5-11(10(3)22)6-15(18)20/h5-9H,21H2,1-4H3. The van der Waals surface area contributed by atoms with Crippen LogP contribution in [0.5, 0.6) is 17.2 Å². The molecule has 0 aliphatic carbocycles. The van der Waals surface area contributed by atoms with E-state index in [1.54, 1.807) is 25.3 Å². The molecule has 0 radical (unpaired) electrons. The molecule has 0 heterocycles. The molecule has 2 aromatic carbocycles. The number of carbonyl (C=O) groups is 1. The summed E-state index contributed by atoms with van der Waals surface area (Å²) in [6.07, 6.45) is 0. The van der Waals surface area contributed by atoms with Gasteiger partial charge in [0.2, 0.25) is 0 Å². The minimum Gasteiger partial charge on any atom is -0.494 e. The molecule has 0 aliphatic heterocycles. The zero-order chi connectivity index (χ0) is 18.0. The Balaban J connectivity index is 2.47. The SMILES string of the molecule is COc1c(N)cc(Oc2c(Br)cc(C(C)=O)cc2Br)cc1C(C)C. The highest BCUT2D eigenvalue weighted by atomic mass is 79.9. The zero-order valence-corrected chi connectivity index (χ0v) is 17.1. The highest BCUT2D eigenvalue weighted by Gasteiger charge is 2.16. The lowest BCUT2D eigenvalue weighted by molar-refractivity contribution is 0.101. The predicted octanol–water partition coefficient (Wildman–Crippen LogP) is 5.92. The van der Waals surface area contributed by atoms with Gasteiger partial charge in [-0.2, -0.15) is 0 Å². The molecule has 4 nitrogen and oxygen atoms in total. The molecule has 0 unspecified atom stereocenters. The van der Waals surface area contributed by atoms with Crippen molar-refractivity contribution in [1.29, 1.82) is 0 Å². The van der Waals surface area contributed by atoms with Crippen LogP contribution < -0.4 is 15.2 Å². The Kier molecular flexibility index (Phi) is 5.93. The Morgan fingerprint density at radius 1 is 1.08 bits per heavy atom. The average molecular weight is 457 g/mol. The van der Waals surface area contributed by atoms with Crippen LogP contribution in [0.1, 0.15) is 42.6 Å². The maximum atomic E-state index is 11.5. The van der Waals surface area contributed by atoms with Crippen molar-refractivity contribution in [2.45, 2.75) is 26.7 Å². The van der Waals surface area contributed by atoms with Gasteiger partial charge in [-0.25, -0.2) is 0 Å². The van der Waals surface area contributed by atoms with E-state index in [9.17, 15) is 4.79 Å². The lowest BCUT2D eigenvalue weighted by Crippen LogP contribution is -2.01. The van der Waals surface area contributed by atoms with Crippen LogP contribution in [0.4, 0.5) is 5.69 Å². The van der Waals surface area contributed by atoms with Gasteiger partial charge in [0, 0.05) is 17.2 Å². The summed E-state index contributed by atoms with van der Waals surface area (Å²) in [7, 11) is 1.60. The Labute approximate surface area is 158 Å². The minimum absolute atomic E-state index is 0.0151. The number of ether oxygens (including phenoxy) is 2. The molecular weight excluding hydrogens is 438 g/mol. The third kappa shape index (κ3) is 3.92. The van der Waals surface area contributed by atoms with E-state index < -0.39 is 0 Å². The average Bonchev–Trinajstić information content (AvgIpc) is 2.49. The number of halogens is 2. The van der Waals surface area contributed by atoms with Crippen molar-refractivity contribution in [2.75, 3.05) is 12.8 Å². The summed E-state index contributed by atoms with van der Waals surface area (Å²) < 4.78 is 12.8. The summed E-state index contributed by atoms with van der Waals surface area (Å²) in [5, 5.41) is 0. The monoisotopic (exact) mass is 455 g/mol. The molecule has 0 aliphatic rings. The Morgan fingerprint density at radius 2 is 1.67 bits per heavy atom. The zero-order valence-electron chi connectivity index (χ0n) is 13.9. The van der Waals surface area contributed by atoms with Crippen LogP contribution in [0.15, 0.2) is 33.2 Å². The third-order valence-corrected chi connectivity index (χ3v) is 4.75. The maximum absolute atomic E-state index is 11.5. The summed E-state index contributed by atoms with van der Waals surface area (Å²) in [5.41, 5.74) is 8.18. The smallest absolute Gasteiger partial charge is 0.159 e. The second-order valence-electron chi connectivity index (χ2n) is 5.72. The number of methoxy groups -OCH3 is 1. The van der Waals surface area contributed by atoms with Gasteiger partial charge in [0.05, 0.1) is 21.7 Å². The van der Waals surface area contributed by atoms with Crippen molar-refractivity contribution in [2.24, 2.45) is 0 Å². The fourth-order valence-corrected chi connectivity index (χ4v) is 3.70. The van der Waals surface area contributed by atoms with Crippen molar-refractivity contribution in [3.8, 4) is 17.2 Å². The normalized spacial score (nSPS) is 10.8. The Bertz CT molecular complexity index is 765. The highest BCUT2D eigenvalue weighted by Crippen LogP contribution is 2.41. The van der Waals surface area contributed by atoms with E-state index in [-0.39, 0.29) is 11.7 Å². The molecule has 0 saturated heterocycles. The van der Waals surface area contributed by atoms with E-state index in [1.165, 1.54) is 6.92 Å². The van der Waals surface area contributed by atoms with Crippen LogP contribution in [0, 0.1) is 0 Å². The lowest BCUT2D eigenvalue weighted by atomic mass is 10.0. The Morgan fingerprint density at radius 3 is 2.12 bits per heavy atom. The van der Waals surface area contributed by atoms with Crippen molar-refractivity contribution in [3.63, 3.8) is 0 Å². The van der Waals surface area contributed by atoms with Crippen LogP contribution in [-0.4, -0.2) is 12.9 Å². The number of benzene rings is 2. The molecule has 128 valence electrons. The number of hydrogen-bond acceptors (Lipinski definition) is 4. The van der Waals surface area contributed by atoms with Crippen LogP contribution in [-0.2, 0) is 0 Å². The molecule has 0 bridgehead atoms. The summed E-state index contributed by atoms with van der Waals surface area (Å²) in [5.74, 6) is 2.08. The number of hydrogen-bond donors (Lipinski definition) is 1. The Hall–Kier alpha value is -1.53. The first-order chi connectivity index (χ1) is 11.2. The molecule has 0 amide bonds. The number of nitrogen functional groups attached to an aromatic ring is 1. The largest absolute Gasteiger partial charge is 0.494 e. The van der Waals surface area contributed by atoms with Gasteiger partial charge in [-0.15, -0.1) is 0 Å². The van der Waals surface area contributed by atoms with Crippen LogP contribution in [0.2, 0.25) is 0 Å². The van der Waals surface area contributed by atoms with Gasteiger partial charge in [-0.3, -0.25) is 4.79 Å². The summed E-state index contributed by atoms with van der Waals surface area (Å²) in [6.45, 7) is 5.65. The number of anilines is 1. The van der Waals surface area contributed by atoms with Gasteiger partial charge in [-0.05, 0) is 62.9 Å². The van der Waals surface area contributed by atoms with Crippen molar-refractivity contribution in [3.05, 3.63) is 44.3 Å². The van der Waals surface area contributed by atoms with Crippen molar-refractivity contribution in [1.82, 2.24) is 0 Å². The minimum atomic E-state index is -0.0151. The van der Waals surface area contributed by atoms with Crippen LogP contribution in [0.3, 0.4) is 0 Å². The second-order valence-corrected chi connectivity index (χ2v) is 7.43. The van der Waals surface area contributed by atoms with Crippen LogP contribution in [0.25, 0.3) is 0 Å². The molecule has 24 heavy (non-hydrogen) atoms. The molecule has 0 fully saturated rings. The molecule has 0 spiro atoms. The van der Waals surface area contributed by atoms with Crippen molar-refractivity contribution >= 4 is 43.3 Å². The molecule has 2 N–H and O–H groups in total. The number of ketones is 1. The van der Waals surface area contributed by atoms with Crippen LogP contribution >= 0.6 is 31.9 Å².